The summed E-state index contributed by atoms with van der Waals surface area (Å²) >= 11 is 0. The largest absolute Gasteiger partial charge is 0.0654 e. The molecular formula is C17H32. The lowest BCUT2D eigenvalue weighted by molar-refractivity contribution is 0.0717. The fraction of sp³-hybridized carbons (Fsp3) is 1.00. The summed E-state index contributed by atoms with van der Waals surface area (Å²) in [5.74, 6) is 2.15. The maximum atomic E-state index is 2.60. The van der Waals surface area contributed by atoms with Gasteiger partial charge in [0, 0.05) is 0 Å². The average Bonchev–Trinajstić information content (AvgIpc) is 2.38. The standard InChI is InChI=1S/C17H32/c1-3-4-8-15-9-11-16(12-10-15)17(2)13-6-5-7-14-17/h15-16H,3-14H2,1-2H3. The first-order valence-electron chi connectivity index (χ1n) is 8.24. The molecule has 0 heteroatoms. The molecule has 17 heavy (non-hydrogen) atoms. The van der Waals surface area contributed by atoms with Gasteiger partial charge in [-0.25, -0.2) is 0 Å². The van der Waals surface area contributed by atoms with Gasteiger partial charge < -0.3 is 0 Å². The monoisotopic (exact) mass is 236 g/mol. The van der Waals surface area contributed by atoms with Crippen LogP contribution in [0.2, 0.25) is 0 Å². The van der Waals surface area contributed by atoms with Gasteiger partial charge in [0.25, 0.3) is 0 Å². The summed E-state index contributed by atoms with van der Waals surface area (Å²) in [6.07, 6.45) is 18.1. The van der Waals surface area contributed by atoms with Crippen LogP contribution in [0.3, 0.4) is 0 Å². The van der Waals surface area contributed by atoms with Crippen LogP contribution in [0.25, 0.3) is 0 Å². The Morgan fingerprint density at radius 2 is 1.59 bits per heavy atom. The van der Waals surface area contributed by atoms with Gasteiger partial charge in [-0.3, -0.25) is 0 Å². The van der Waals surface area contributed by atoms with Gasteiger partial charge in [0.05, 0.1) is 0 Å². The minimum Gasteiger partial charge on any atom is -0.0654 e. The highest BCUT2D eigenvalue weighted by Gasteiger charge is 2.37. The fourth-order valence-corrected chi connectivity index (χ4v) is 4.41. The van der Waals surface area contributed by atoms with Crippen LogP contribution in [0, 0.1) is 17.3 Å². The Morgan fingerprint density at radius 3 is 2.18 bits per heavy atom. The van der Waals surface area contributed by atoms with Crippen molar-refractivity contribution in [3.63, 3.8) is 0 Å². The molecule has 2 rings (SSSR count). The van der Waals surface area contributed by atoms with Crippen molar-refractivity contribution in [2.75, 3.05) is 0 Å². The molecule has 0 saturated heterocycles. The first-order valence-corrected chi connectivity index (χ1v) is 8.24. The Morgan fingerprint density at radius 1 is 0.941 bits per heavy atom. The molecule has 100 valence electrons. The van der Waals surface area contributed by atoms with Crippen molar-refractivity contribution in [2.45, 2.75) is 90.9 Å². The lowest BCUT2D eigenvalue weighted by Crippen LogP contribution is -2.32. The van der Waals surface area contributed by atoms with Crippen LogP contribution >= 0.6 is 0 Å². The highest BCUT2D eigenvalue weighted by atomic mass is 14.4. The third-order valence-electron chi connectivity index (χ3n) is 5.79. The highest BCUT2D eigenvalue weighted by Crippen LogP contribution is 2.49. The van der Waals surface area contributed by atoms with Crippen LogP contribution in [0.15, 0.2) is 0 Å². The summed E-state index contributed by atoms with van der Waals surface area (Å²) < 4.78 is 0. The normalized spacial score (nSPS) is 33.5. The lowest BCUT2D eigenvalue weighted by atomic mass is 9.61. The average molecular weight is 236 g/mol. The van der Waals surface area contributed by atoms with E-state index in [1.807, 2.05) is 0 Å². The van der Waals surface area contributed by atoms with E-state index in [-0.39, 0.29) is 0 Å². The van der Waals surface area contributed by atoms with Crippen molar-refractivity contribution < 1.29 is 0 Å². The smallest absolute Gasteiger partial charge is 0.0298 e. The van der Waals surface area contributed by atoms with E-state index < -0.39 is 0 Å². The second-order valence-electron chi connectivity index (χ2n) is 7.07. The van der Waals surface area contributed by atoms with E-state index in [1.165, 1.54) is 51.4 Å². The molecule has 0 aromatic heterocycles. The first kappa shape index (κ1) is 13.4. The predicted octanol–water partition coefficient (Wildman–Crippen LogP) is 5.95. The quantitative estimate of drug-likeness (QED) is 0.565. The Balaban J connectivity index is 1.77. The van der Waals surface area contributed by atoms with Gasteiger partial charge in [0.1, 0.15) is 0 Å². The molecule has 0 spiro atoms. The molecule has 2 aliphatic carbocycles. The van der Waals surface area contributed by atoms with Crippen LogP contribution in [0.5, 0.6) is 0 Å². The zero-order valence-corrected chi connectivity index (χ0v) is 12.1. The third kappa shape index (κ3) is 3.48. The Labute approximate surface area is 109 Å². The molecule has 0 N–H and O–H groups in total. The summed E-state index contributed by atoms with van der Waals surface area (Å²) in [7, 11) is 0. The van der Waals surface area contributed by atoms with Gasteiger partial charge >= 0.3 is 0 Å². The van der Waals surface area contributed by atoms with E-state index in [2.05, 4.69) is 13.8 Å². The van der Waals surface area contributed by atoms with Crippen molar-refractivity contribution in [1.29, 1.82) is 0 Å². The first-order chi connectivity index (χ1) is 8.24. The summed E-state index contributed by atoms with van der Waals surface area (Å²) in [5.41, 5.74) is 0.730. The summed E-state index contributed by atoms with van der Waals surface area (Å²) in [6, 6.07) is 0. The molecule has 0 nitrogen and oxygen atoms in total. The van der Waals surface area contributed by atoms with E-state index in [4.69, 9.17) is 0 Å². The van der Waals surface area contributed by atoms with Crippen LogP contribution < -0.4 is 0 Å². The van der Waals surface area contributed by atoms with Crippen LogP contribution in [-0.2, 0) is 0 Å². The molecule has 0 bridgehead atoms. The number of rotatable bonds is 4. The van der Waals surface area contributed by atoms with E-state index in [0.717, 1.165) is 17.3 Å². The number of unbranched alkanes of at least 4 members (excludes halogenated alkanes) is 1. The van der Waals surface area contributed by atoms with Crippen molar-refractivity contribution in [3.05, 3.63) is 0 Å². The van der Waals surface area contributed by atoms with Crippen molar-refractivity contribution in [1.82, 2.24) is 0 Å². The predicted molar refractivity (Wildman–Crippen MR) is 76.2 cm³/mol. The van der Waals surface area contributed by atoms with E-state index in [0.29, 0.717) is 0 Å². The molecule has 2 aliphatic rings. The molecule has 2 fully saturated rings. The minimum atomic E-state index is 0.730. The number of hydrogen-bond donors (Lipinski definition) is 0. The fourth-order valence-electron chi connectivity index (χ4n) is 4.41. The number of hydrogen-bond acceptors (Lipinski definition) is 0. The second kappa shape index (κ2) is 6.25. The molecule has 0 atom stereocenters. The molecule has 0 unspecified atom stereocenters. The Kier molecular flexibility index (Phi) is 4.94. The zero-order valence-electron chi connectivity index (χ0n) is 12.1. The van der Waals surface area contributed by atoms with Crippen LogP contribution in [0.4, 0.5) is 0 Å². The summed E-state index contributed by atoms with van der Waals surface area (Å²) in [6.45, 7) is 4.93. The molecule has 0 heterocycles. The topological polar surface area (TPSA) is 0 Å². The third-order valence-corrected chi connectivity index (χ3v) is 5.79. The zero-order chi connectivity index (χ0) is 12.1. The van der Waals surface area contributed by atoms with Gasteiger partial charge in [-0.2, -0.15) is 0 Å². The molecule has 0 aliphatic heterocycles. The van der Waals surface area contributed by atoms with E-state index in [9.17, 15) is 0 Å². The van der Waals surface area contributed by atoms with Gasteiger partial charge in [-0.15, -0.1) is 0 Å². The minimum absolute atomic E-state index is 0.730. The highest BCUT2D eigenvalue weighted by molar-refractivity contribution is 4.88. The summed E-state index contributed by atoms with van der Waals surface area (Å²) in [4.78, 5) is 0. The molecule has 0 amide bonds. The second-order valence-corrected chi connectivity index (χ2v) is 7.07. The van der Waals surface area contributed by atoms with Crippen LogP contribution in [-0.4, -0.2) is 0 Å². The molecule has 0 radical (unpaired) electrons. The van der Waals surface area contributed by atoms with Gasteiger partial charge in [0.2, 0.25) is 0 Å². The molecule has 2 saturated carbocycles. The molecular weight excluding hydrogens is 204 g/mol. The van der Waals surface area contributed by atoms with Gasteiger partial charge in [-0.05, 0) is 42.9 Å². The van der Waals surface area contributed by atoms with E-state index in [1.54, 1.807) is 25.7 Å². The lowest BCUT2D eigenvalue weighted by Gasteiger charge is -2.44. The maximum Gasteiger partial charge on any atom is -0.0298 e. The Bertz CT molecular complexity index is 204. The van der Waals surface area contributed by atoms with Crippen molar-refractivity contribution in [2.24, 2.45) is 17.3 Å². The van der Waals surface area contributed by atoms with Gasteiger partial charge in [-0.1, -0.05) is 65.2 Å². The molecule has 0 aromatic carbocycles. The SMILES string of the molecule is CCCCC1CCC(C2(C)CCCCC2)CC1. The van der Waals surface area contributed by atoms with E-state index >= 15 is 0 Å². The van der Waals surface area contributed by atoms with Crippen molar-refractivity contribution in [3.8, 4) is 0 Å². The Hall–Kier alpha value is 0. The summed E-state index contributed by atoms with van der Waals surface area (Å²) in [5, 5.41) is 0. The van der Waals surface area contributed by atoms with Crippen molar-refractivity contribution >= 4 is 0 Å². The maximum absolute atomic E-state index is 2.60. The van der Waals surface area contributed by atoms with Gasteiger partial charge in [0.15, 0.2) is 0 Å². The molecule has 0 aromatic rings. The van der Waals surface area contributed by atoms with Crippen LogP contribution in [0.1, 0.15) is 90.9 Å².